The predicted molar refractivity (Wildman–Crippen MR) is 60.3 cm³/mol. The lowest BCUT2D eigenvalue weighted by Gasteiger charge is -2.20. The van der Waals surface area contributed by atoms with E-state index in [0.717, 1.165) is 0 Å². The van der Waals surface area contributed by atoms with Crippen LogP contribution in [0.1, 0.15) is 26.5 Å². The van der Waals surface area contributed by atoms with Crippen LogP contribution in [0.4, 0.5) is 5.95 Å². The highest BCUT2D eigenvalue weighted by Gasteiger charge is 2.22. The highest BCUT2D eigenvalue weighted by molar-refractivity contribution is 5.26. The van der Waals surface area contributed by atoms with Crippen LogP contribution in [0.2, 0.25) is 0 Å². The lowest BCUT2D eigenvalue weighted by atomic mass is 9.93. The molecule has 0 saturated carbocycles. The van der Waals surface area contributed by atoms with Crippen LogP contribution in [0.15, 0.2) is 4.79 Å². The average Bonchev–Trinajstić information content (AvgIpc) is 2.06. The lowest BCUT2D eigenvalue weighted by Crippen LogP contribution is -2.32. The van der Waals surface area contributed by atoms with E-state index in [2.05, 4.69) is 10.1 Å². The molecule has 0 aliphatic rings. The van der Waals surface area contributed by atoms with Gasteiger partial charge in [0.05, 0.1) is 0 Å². The zero-order chi connectivity index (χ0) is 11.8. The molecule has 0 atom stereocenters. The topological polar surface area (TPSA) is 51.0 Å². The summed E-state index contributed by atoms with van der Waals surface area (Å²) in [6.07, 6.45) is 0. The van der Waals surface area contributed by atoms with Crippen LogP contribution in [0.3, 0.4) is 0 Å². The van der Waals surface area contributed by atoms with E-state index in [1.807, 2.05) is 34.9 Å². The molecule has 0 radical (unpaired) electrons. The van der Waals surface area contributed by atoms with Gasteiger partial charge in [-0.05, 0) is 0 Å². The smallest absolute Gasteiger partial charge is 0.296 e. The molecule has 0 aliphatic carbocycles. The van der Waals surface area contributed by atoms with Crippen LogP contribution in [0, 0.1) is 0 Å². The SMILES string of the molecule is CN(C)c1nc(=O)c(C(C)(C)C)nn1C. The lowest BCUT2D eigenvalue weighted by molar-refractivity contribution is 0.520. The van der Waals surface area contributed by atoms with E-state index in [0.29, 0.717) is 11.6 Å². The van der Waals surface area contributed by atoms with Crippen LogP contribution >= 0.6 is 0 Å². The first-order chi connectivity index (χ1) is 6.73. The molecule has 0 bridgehead atoms. The highest BCUT2D eigenvalue weighted by atomic mass is 16.1. The first kappa shape index (κ1) is 11.7. The van der Waals surface area contributed by atoms with Crippen molar-refractivity contribution in [1.82, 2.24) is 14.8 Å². The Labute approximate surface area is 89.7 Å². The third-order valence-corrected chi connectivity index (χ3v) is 2.05. The summed E-state index contributed by atoms with van der Waals surface area (Å²) < 4.78 is 1.63. The molecule has 1 heterocycles. The average molecular weight is 210 g/mol. The van der Waals surface area contributed by atoms with Crippen molar-refractivity contribution < 1.29 is 0 Å². The van der Waals surface area contributed by atoms with E-state index in [9.17, 15) is 4.79 Å². The van der Waals surface area contributed by atoms with Crippen molar-refractivity contribution in [3.8, 4) is 0 Å². The van der Waals surface area contributed by atoms with Gasteiger partial charge in [-0.3, -0.25) is 4.79 Å². The van der Waals surface area contributed by atoms with Gasteiger partial charge in [-0.15, -0.1) is 0 Å². The van der Waals surface area contributed by atoms with Gasteiger partial charge < -0.3 is 4.90 Å². The minimum absolute atomic E-state index is 0.246. The van der Waals surface area contributed by atoms with Crippen molar-refractivity contribution in [2.75, 3.05) is 19.0 Å². The van der Waals surface area contributed by atoms with Gasteiger partial charge in [0, 0.05) is 26.6 Å². The second kappa shape index (κ2) is 3.64. The minimum atomic E-state index is -0.271. The van der Waals surface area contributed by atoms with Crippen LogP contribution in [0.25, 0.3) is 0 Å². The van der Waals surface area contributed by atoms with Gasteiger partial charge >= 0.3 is 0 Å². The van der Waals surface area contributed by atoms with Crippen molar-refractivity contribution in [2.45, 2.75) is 26.2 Å². The van der Waals surface area contributed by atoms with E-state index < -0.39 is 0 Å². The third-order valence-electron chi connectivity index (χ3n) is 2.05. The summed E-state index contributed by atoms with van der Waals surface area (Å²) in [4.78, 5) is 17.5. The molecule has 1 aromatic heterocycles. The van der Waals surface area contributed by atoms with Crippen LogP contribution in [-0.2, 0) is 12.5 Å². The van der Waals surface area contributed by atoms with E-state index in [4.69, 9.17) is 0 Å². The Kier molecular flexibility index (Phi) is 2.83. The summed E-state index contributed by atoms with van der Waals surface area (Å²) >= 11 is 0. The molecule has 0 fully saturated rings. The first-order valence-corrected chi connectivity index (χ1v) is 4.86. The Hall–Kier alpha value is -1.39. The molecular weight excluding hydrogens is 192 g/mol. The minimum Gasteiger partial charge on any atom is -0.347 e. The molecule has 0 N–H and O–H groups in total. The quantitative estimate of drug-likeness (QED) is 0.679. The molecule has 84 valence electrons. The molecule has 15 heavy (non-hydrogen) atoms. The normalized spacial score (nSPS) is 11.6. The number of aromatic nitrogens is 3. The Morgan fingerprint density at radius 1 is 1.27 bits per heavy atom. The summed E-state index contributed by atoms with van der Waals surface area (Å²) in [5.41, 5.74) is -0.0212. The van der Waals surface area contributed by atoms with Crippen LogP contribution in [0.5, 0.6) is 0 Å². The Balaban J connectivity index is 3.39. The van der Waals surface area contributed by atoms with Gasteiger partial charge in [-0.2, -0.15) is 10.1 Å². The van der Waals surface area contributed by atoms with Crippen molar-refractivity contribution >= 4 is 5.95 Å². The van der Waals surface area contributed by atoms with Gasteiger partial charge in [0.25, 0.3) is 5.56 Å². The van der Waals surface area contributed by atoms with Gasteiger partial charge in [0.15, 0.2) is 0 Å². The molecule has 5 nitrogen and oxygen atoms in total. The van der Waals surface area contributed by atoms with E-state index in [1.165, 1.54) is 0 Å². The zero-order valence-corrected chi connectivity index (χ0v) is 10.2. The molecule has 0 amide bonds. The van der Waals surface area contributed by atoms with Crippen molar-refractivity contribution in [1.29, 1.82) is 0 Å². The van der Waals surface area contributed by atoms with Crippen molar-refractivity contribution in [3.63, 3.8) is 0 Å². The Morgan fingerprint density at radius 2 is 1.80 bits per heavy atom. The standard InChI is InChI=1S/C10H18N4O/c1-10(2,3)7-8(15)11-9(13(4)5)14(6)12-7/h1-6H3. The monoisotopic (exact) mass is 210 g/mol. The zero-order valence-electron chi connectivity index (χ0n) is 10.2. The Morgan fingerprint density at radius 3 is 2.20 bits per heavy atom. The number of rotatable bonds is 1. The fourth-order valence-corrected chi connectivity index (χ4v) is 1.31. The van der Waals surface area contributed by atoms with Crippen LogP contribution < -0.4 is 10.5 Å². The number of anilines is 1. The van der Waals surface area contributed by atoms with Gasteiger partial charge in [0.2, 0.25) is 5.95 Å². The molecule has 0 unspecified atom stereocenters. The summed E-state index contributed by atoms with van der Waals surface area (Å²) in [5, 5.41) is 4.27. The number of hydrogen-bond donors (Lipinski definition) is 0. The van der Waals surface area contributed by atoms with Gasteiger partial charge in [-0.1, -0.05) is 20.8 Å². The summed E-state index contributed by atoms with van der Waals surface area (Å²) in [7, 11) is 5.46. The highest BCUT2D eigenvalue weighted by Crippen LogP contribution is 2.16. The molecule has 5 heteroatoms. The fraction of sp³-hybridized carbons (Fsp3) is 0.700. The summed E-state index contributed by atoms with van der Waals surface area (Å²) in [6.45, 7) is 5.86. The fourth-order valence-electron chi connectivity index (χ4n) is 1.31. The molecule has 0 spiro atoms. The van der Waals surface area contributed by atoms with Crippen molar-refractivity contribution in [3.05, 3.63) is 16.0 Å². The summed E-state index contributed by atoms with van der Waals surface area (Å²) in [5.74, 6) is 0.563. The molecule has 0 aliphatic heterocycles. The van der Waals surface area contributed by atoms with Crippen LogP contribution in [-0.4, -0.2) is 28.9 Å². The molecule has 1 aromatic rings. The van der Waals surface area contributed by atoms with Crippen molar-refractivity contribution in [2.24, 2.45) is 7.05 Å². The predicted octanol–water partition coefficient (Wildman–Crippen LogP) is 0.539. The maximum absolute atomic E-state index is 11.7. The van der Waals surface area contributed by atoms with Gasteiger partial charge in [0.1, 0.15) is 5.69 Å². The molecule has 0 saturated heterocycles. The number of aryl methyl sites for hydroxylation is 1. The molecule has 1 rings (SSSR count). The number of hydrogen-bond acceptors (Lipinski definition) is 4. The first-order valence-electron chi connectivity index (χ1n) is 4.86. The molecule has 0 aromatic carbocycles. The number of nitrogens with zero attached hydrogens (tertiary/aromatic N) is 4. The summed E-state index contributed by atoms with van der Waals surface area (Å²) in [6, 6.07) is 0. The van der Waals surface area contributed by atoms with E-state index >= 15 is 0 Å². The molecular formula is C10H18N4O. The van der Waals surface area contributed by atoms with E-state index in [1.54, 1.807) is 16.6 Å². The second-order valence-corrected chi connectivity index (χ2v) is 4.83. The maximum atomic E-state index is 11.7. The van der Waals surface area contributed by atoms with Gasteiger partial charge in [-0.25, -0.2) is 4.68 Å². The Bertz CT molecular complexity index is 414. The largest absolute Gasteiger partial charge is 0.347 e. The van der Waals surface area contributed by atoms with E-state index in [-0.39, 0.29) is 11.0 Å². The third kappa shape index (κ3) is 2.34. The maximum Gasteiger partial charge on any atom is 0.296 e. The second-order valence-electron chi connectivity index (χ2n) is 4.83.